The van der Waals surface area contributed by atoms with Crippen molar-refractivity contribution in [1.29, 1.82) is 0 Å². The molecule has 0 radical (unpaired) electrons. The van der Waals surface area contributed by atoms with Gasteiger partial charge in [0.15, 0.2) is 11.6 Å². The van der Waals surface area contributed by atoms with E-state index in [1.165, 1.54) is 58.7 Å². The average molecular weight is 1450 g/mol. The topological polar surface area (TPSA) is 333 Å². The summed E-state index contributed by atoms with van der Waals surface area (Å²) in [6.07, 6.45) is 17.6. The standard InChI is InChI=1S/2C25H25ClN6O2.C16H18N2O3.C8H8ClN5/c2*1-18-15-27-23(9-5-8-19-6-3-2-4-7-19)25(34)31(18)16-22(33)12-10-20-14-21(26)11-13-24(20)32-17-28-29-30-32;1-12-10-17-14(16(21)18(12)11-15(19)20)9-5-8-13-6-3-2-4-7-13;9-7-1-2-8(6(3-7)4-10)14-5-11-12-13-14/h2*2-4,6-7,11,13-15,17H,5,8-10,12,16H2,1H3;2-4,6-7,10H,5,8-9,11H2,1H3,(H,19,20);1-3,5H,4,10H2. The van der Waals surface area contributed by atoms with Gasteiger partial charge in [-0.3, -0.25) is 48.3 Å². The molecule has 0 spiro atoms. The maximum atomic E-state index is 13.0. The van der Waals surface area contributed by atoms with Crippen LogP contribution in [0, 0.1) is 20.8 Å². The van der Waals surface area contributed by atoms with E-state index in [1.54, 1.807) is 80.4 Å². The van der Waals surface area contributed by atoms with Crippen molar-refractivity contribution in [2.24, 2.45) is 5.73 Å². The van der Waals surface area contributed by atoms with E-state index >= 15 is 0 Å². The maximum absolute atomic E-state index is 13.0. The molecule has 0 saturated heterocycles. The number of aryl methyl sites for hydroxylation is 11. The number of Topliss-reactive ketones (excluding diaryl/α,β-unsaturated/α-hetero) is 2. The molecule has 12 aromatic rings. The number of benzene rings is 6. The van der Waals surface area contributed by atoms with Crippen molar-refractivity contribution >= 4 is 52.3 Å². The number of carbonyl (C=O) groups is 3. The minimum absolute atomic E-state index is 0.0135. The molecule has 0 amide bonds. The molecular weight excluding hydrogens is 1370 g/mol. The lowest BCUT2D eigenvalue weighted by atomic mass is 10.1. The molecule has 6 aromatic heterocycles. The molecule has 0 unspecified atom stereocenters. The van der Waals surface area contributed by atoms with Gasteiger partial charge in [0.1, 0.15) is 42.6 Å². The molecule has 6 heterocycles. The fraction of sp³-hybridized carbons (Fsp3) is 0.270. The van der Waals surface area contributed by atoms with Gasteiger partial charge < -0.3 is 20.0 Å². The lowest BCUT2D eigenvalue weighted by Crippen LogP contribution is -2.30. The largest absolute Gasteiger partial charge is 0.480 e. The minimum Gasteiger partial charge on any atom is -0.480 e. The molecule has 0 atom stereocenters. The van der Waals surface area contributed by atoms with Gasteiger partial charge in [-0.15, -0.1) is 15.3 Å². The average Bonchev–Trinajstić information content (AvgIpc) is 1.84. The Morgan fingerprint density at radius 3 is 1.02 bits per heavy atom. The van der Waals surface area contributed by atoms with Gasteiger partial charge in [-0.2, -0.15) is 0 Å². The summed E-state index contributed by atoms with van der Waals surface area (Å²) in [4.78, 5) is 87.5. The van der Waals surface area contributed by atoms with Gasteiger partial charge in [-0.1, -0.05) is 126 Å². The molecule has 0 bridgehead atoms. The molecule has 0 aliphatic heterocycles. The van der Waals surface area contributed by atoms with E-state index in [4.69, 9.17) is 45.6 Å². The number of aromatic nitrogens is 18. The first-order chi connectivity index (χ1) is 49.9. The molecule has 103 heavy (non-hydrogen) atoms. The highest BCUT2D eigenvalue weighted by Gasteiger charge is 2.18. The first-order valence-electron chi connectivity index (χ1n) is 33.2. The Kier molecular flexibility index (Phi) is 28.5. The van der Waals surface area contributed by atoms with Gasteiger partial charge in [0, 0.05) is 70.1 Å². The van der Waals surface area contributed by atoms with Crippen molar-refractivity contribution in [2.75, 3.05) is 0 Å². The summed E-state index contributed by atoms with van der Waals surface area (Å²) in [5.41, 5.74) is 16.9. The van der Waals surface area contributed by atoms with Crippen molar-refractivity contribution in [1.82, 2.24) is 89.3 Å². The third kappa shape index (κ3) is 22.7. The second-order valence-electron chi connectivity index (χ2n) is 24.0. The van der Waals surface area contributed by atoms with E-state index in [-0.39, 0.29) is 60.7 Å². The number of carboxylic acid groups (broad SMARTS) is 1. The van der Waals surface area contributed by atoms with E-state index in [1.807, 2.05) is 84.9 Å². The molecule has 3 N–H and O–H groups in total. The van der Waals surface area contributed by atoms with Crippen LogP contribution >= 0.6 is 34.8 Å². The number of tetrazole rings is 3. The monoisotopic (exact) mass is 1450 g/mol. The summed E-state index contributed by atoms with van der Waals surface area (Å²) < 4.78 is 8.93. The maximum Gasteiger partial charge on any atom is 0.323 e. The normalized spacial score (nSPS) is 10.8. The van der Waals surface area contributed by atoms with Crippen molar-refractivity contribution in [3.63, 3.8) is 0 Å². The predicted octanol–water partition coefficient (Wildman–Crippen LogP) is 9.70. The van der Waals surface area contributed by atoms with Crippen LogP contribution < -0.4 is 22.4 Å². The lowest BCUT2D eigenvalue weighted by molar-refractivity contribution is -0.137. The predicted molar refractivity (Wildman–Crippen MR) is 390 cm³/mol. The number of carboxylic acids is 1. The Bertz CT molecular complexity index is 4720. The molecule has 0 aliphatic rings. The molecule has 29 heteroatoms. The number of ketones is 2. The number of hydrogen-bond acceptors (Lipinski definition) is 19. The fourth-order valence-corrected chi connectivity index (χ4v) is 11.7. The number of nitrogens with zero attached hydrogens (tertiary/aromatic N) is 18. The number of rotatable bonds is 28. The van der Waals surface area contributed by atoms with Crippen LogP contribution in [-0.4, -0.2) is 112 Å². The second-order valence-corrected chi connectivity index (χ2v) is 25.3. The number of carbonyl (C=O) groups excluding carboxylic acids is 2. The first-order valence-corrected chi connectivity index (χ1v) is 34.3. The number of halogens is 3. The highest BCUT2D eigenvalue weighted by molar-refractivity contribution is 6.31. The third-order valence-corrected chi connectivity index (χ3v) is 17.3. The van der Waals surface area contributed by atoms with Crippen molar-refractivity contribution in [3.05, 3.63) is 297 Å². The van der Waals surface area contributed by atoms with E-state index in [0.717, 1.165) is 72.3 Å². The van der Waals surface area contributed by atoms with Gasteiger partial charge >= 0.3 is 5.97 Å². The SMILES string of the molecule is Cc1cnc(CCCc2ccccc2)c(=O)n1CC(=O)CCc1cc(Cl)ccc1-n1cnnn1.Cc1cnc(CCCc2ccccc2)c(=O)n1CC(=O)CCc1cc(Cl)ccc1-n1cnnn1.Cc1cnc(CCCc2ccccc2)c(=O)n1CC(=O)O.NCc1cc(Cl)ccc1-n1cnnn1. The Hall–Kier alpha value is -11.2. The Balaban J connectivity index is 0.000000168. The van der Waals surface area contributed by atoms with E-state index in [0.29, 0.717) is 87.9 Å². The van der Waals surface area contributed by atoms with Crippen LogP contribution in [0.25, 0.3) is 17.1 Å². The third-order valence-electron chi connectivity index (χ3n) is 16.6. The molecule has 12 rings (SSSR count). The van der Waals surface area contributed by atoms with Gasteiger partial charge in [-0.25, -0.2) is 14.0 Å². The highest BCUT2D eigenvalue weighted by atomic mass is 35.5. The second kappa shape index (κ2) is 38.6. The fourth-order valence-electron chi connectivity index (χ4n) is 11.2. The Labute approximate surface area is 607 Å². The van der Waals surface area contributed by atoms with E-state index in [2.05, 4.69) is 85.8 Å². The van der Waals surface area contributed by atoms with Crippen LogP contribution in [-0.2, 0) is 91.9 Å². The summed E-state index contributed by atoms with van der Waals surface area (Å²) in [5, 5.41) is 44.1. The quantitative estimate of drug-likeness (QED) is 0.0460. The Morgan fingerprint density at radius 2 is 0.718 bits per heavy atom. The van der Waals surface area contributed by atoms with Crippen LogP contribution in [0.1, 0.15) is 99.6 Å². The zero-order valence-electron chi connectivity index (χ0n) is 57.0. The smallest absolute Gasteiger partial charge is 0.323 e. The van der Waals surface area contributed by atoms with Gasteiger partial charge in [0.2, 0.25) is 0 Å². The number of nitrogens with two attached hydrogens (primary N) is 1. The summed E-state index contributed by atoms with van der Waals surface area (Å²) in [6.45, 7) is 5.38. The molecule has 6 aromatic carbocycles. The van der Waals surface area contributed by atoms with Gasteiger partial charge in [0.25, 0.3) is 16.7 Å². The summed E-state index contributed by atoms with van der Waals surface area (Å²) in [6, 6.07) is 46.5. The van der Waals surface area contributed by atoms with E-state index < -0.39 is 5.97 Å². The molecule has 0 fully saturated rings. The zero-order chi connectivity index (χ0) is 73.0. The van der Waals surface area contributed by atoms with Gasteiger partial charge in [0.05, 0.1) is 30.2 Å². The lowest BCUT2D eigenvalue weighted by Gasteiger charge is -2.12. The van der Waals surface area contributed by atoms with Crippen LogP contribution in [0.4, 0.5) is 0 Å². The van der Waals surface area contributed by atoms with Gasteiger partial charge in [-0.05, 0) is 211 Å². The van der Waals surface area contributed by atoms with Crippen molar-refractivity contribution < 1.29 is 19.5 Å². The zero-order valence-corrected chi connectivity index (χ0v) is 59.3. The highest BCUT2D eigenvalue weighted by Crippen LogP contribution is 2.23. The molecule has 26 nitrogen and oxygen atoms in total. The number of aliphatic carboxylic acids is 1. The minimum atomic E-state index is -1.03. The summed E-state index contributed by atoms with van der Waals surface area (Å²) in [5.74, 6) is -1.12. The molecule has 0 aliphatic carbocycles. The number of hydrogen-bond donors (Lipinski definition) is 2. The first kappa shape index (κ1) is 76.0. The summed E-state index contributed by atoms with van der Waals surface area (Å²) >= 11 is 18.2. The molecule has 530 valence electrons. The molecular formula is C74H76Cl3N19O7. The van der Waals surface area contributed by atoms with Crippen LogP contribution in [0.15, 0.2) is 198 Å². The van der Waals surface area contributed by atoms with Crippen LogP contribution in [0.5, 0.6) is 0 Å². The van der Waals surface area contributed by atoms with Crippen molar-refractivity contribution in [3.8, 4) is 17.1 Å². The van der Waals surface area contributed by atoms with Crippen LogP contribution in [0.3, 0.4) is 0 Å². The molecule has 0 saturated carbocycles. The summed E-state index contributed by atoms with van der Waals surface area (Å²) in [7, 11) is 0. The van der Waals surface area contributed by atoms with Crippen molar-refractivity contribution in [2.45, 2.75) is 130 Å². The Morgan fingerprint density at radius 1 is 0.408 bits per heavy atom. The van der Waals surface area contributed by atoms with E-state index in [9.17, 15) is 28.8 Å². The van der Waals surface area contributed by atoms with Crippen LogP contribution in [0.2, 0.25) is 15.1 Å².